The lowest BCUT2D eigenvalue weighted by molar-refractivity contribution is -0.824. The maximum Gasteiger partial charge on any atom is 0.0938 e. The zero-order valence-electron chi connectivity index (χ0n) is 11.0. The second kappa shape index (κ2) is 6.15. The second-order valence-electron chi connectivity index (χ2n) is 5.57. The summed E-state index contributed by atoms with van der Waals surface area (Å²) < 4.78 is 1.33. The number of likely N-dealkylation sites (tertiary alicyclic amines) is 1. The molecule has 1 heterocycles. The van der Waals surface area contributed by atoms with E-state index in [1.54, 1.807) is 0 Å². The molecule has 0 N–H and O–H groups in total. The molecule has 1 aliphatic rings. The van der Waals surface area contributed by atoms with Gasteiger partial charge < -0.3 is 0 Å². The van der Waals surface area contributed by atoms with Crippen molar-refractivity contribution in [2.45, 2.75) is 59.4 Å². The quantitative estimate of drug-likeness (QED) is 0.506. The van der Waals surface area contributed by atoms with E-state index in [1.807, 2.05) is 0 Å². The highest BCUT2D eigenvalue weighted by atomic mass is 32.2. The average Bonchev–Trinajstić information content (AvgIpc) is 2.18. The van der Waals surface area contributed by atoms with Crippen LogP contribution in [0.25, 0.3) is 0 Å². The summed E-state index contributed by atoms with van der Waals surface area (Å²) in [4.78, 5) is 0. The highest BCUT2D eigenvalue weighted by Gasteiger charge is 2.34. The Bertz CT molecular complexity index is 171. The third-order valence-electron chi connectivity index (χ3n) is 3.56. The molecule has 0 atom stereocenters. The van der Waals surface area contributed by atoms with E-state index < -0.39 is 0 Å². The van der Waals surface area contributed by atoms with Gasteiger partial charge in [0.15, 0.2) is 0 Å². The normalized spacial score (nSPS) is 21.2. The third kappa shape index (κ3) is 3.99. The largest absolute Gasteiger partial charge is 0.260 e. The molecule has 2 heteroatoms. The maximum absolute atomic E-state index is 2.40. The first-order valence-electron chi connectivity index (χ1n) is 6.58. The Balaban J connectivity index is 2.42. The van der Waals surface area contributed by atoms with Crippen molar-refractivity contribution in [2.75, 3.05) is 18.8 Å². The van der Waals surface area contributed by atoms with Gasteiger partial charge in [-0.15, -0.1) is 0 Å². The van der Waals surface area contributed by atoms with Gasteiger partial charge in [-0.25, -0.2) is 0 Å². The number of rotatable bonds is 5. The van der Waals surface area contributed by atoms with Crippen molar-refractivity contribution in [2.24, 2.45) is 5.92 Å². The maximum atomic E-state index is 2.40. The van der Waals surface area contributed by atoms with Gasteiger partial charge >= 0.3 is 0 Å². The van der Waals surface area contributed by atoms with Crippen LogP contribution in [0.2, 0.25) is 0 Å². The first-order valence-corrected chi connectivity index (χ1v) is 7.52. The van der Waals surface area contributed by atoms with Gasteiger partial charge in [0.05, 0.1) is 31.1 Å². The fourth-order valence-corrected chi connectivity index (χ4v) is 4.07. The highest BCUT2D eigenvalue weighted by molar-refractivity contribution is 7.93. The van der Waals surface area contributed by atoms with Gasteiger partial charge in [-0.1, -0.05) is 13.8 Å². The lowest BCUT2D eigenvalue weighted by atomic mass is 10.1. The van der Waals surface area contributed by atoms with Crippen LogP contribution in [0.5, 0.6) is 0 Å². The van der Waals surface area contributed by atoms with E-state index in [-0.39, 0.29) is 0 Å². The van der Waals surface area contributed by atoms with Gasteiger partial charge in [0.2, 0.25) is 0 Å². The summed E-state index contributed by atoms with van der Waals surface area (Å²) >= 11 is 2.22. The molecular weight excluding hydrogens is 202 g/mol. The number of hydrogen-bond donors (Lipinski definition) is 0. The van der Waals surface area contributed by atoms with E-state index in [9.17, 15) is 0 Å². The topological polar surface area (TPSA) is 0 Å². The van der Waals surface area contributed by atoms with E-state index >= 15 is 0 Å². The van der Waals surface area contributed by atoms with Crippen LogP contribution in [-0.2, 0) is 0 Å². The monoisotopic (exact) mass is 230 g/mol. The summed E-state index contributed by atoms with van der Waals surface area (Å²) in [6.07, 6.45) is 5.70. The van der Waals surface area contributed by atoms with Gasteiger partial charge in [-0.3, -0.25) is 3.89 Å². The van der Waals surface area contributed by atoms with Gasteiger partial charge in [0, 0.05) is 5.75 Å². The molecule has 1 saturated heterocycles. The predicted molar refractivity (Wildman–Crippen MR) is 70.9 cm³/mol. The molecule has 0 aromatic heterocycles. The van der Waals surface area contributed by atoms with Crippen LogP contribution in [0.15, 0.2) is 0 Å². The summed E-state index contributed by atoms with van der Waals surface area (Å²) in [6, 6.07) is 0.794. The Hall–Kier alpha value is 0.310. The molecule has 0 saturated carbocycles. The zero-order valence-corrected chi connectivity index (χ0v) is 11.8. The first kappa shape index (κ1) is 13.4. The van der Waals surface area contributed by atoms with Crippen molar-refractivity contribution in [1.82, 2.24) is 0 Å². The molecule has 0 aromatic carbocycles. The fourth-order valence-electron chi connectivity index (χ4n) is 2.31. The number of piperidine rings is 1. The summed E-state index contributed by atoms with van der Waals surface area (Å²) in [5.74, 6) is 2.20. The molecule has 0 unspecified atom stereocenters. The molecule has 1 fully saturated rings. The van der Waals surface area contributed by atoms with Crippen LogP contribution in [-0.4, -0.2) is 28.8 Å². The summed E-state index contributed by atoms with van der Waals surface area (Å²) in [7, 11) is 0. The minimum atomic E-state index is 0.794. The molecule has 0 aliphatic carbocycles. The number of nitrogens with zero attached hydrogens (tertiary/aromatic N) is 1. The Morgan fingerprint density at radius 1 is 1.00 bits per heavy atom. The predicted octanol–water partition coefficient (Wildman–Crippen LogP) is 4.09. The van der Waals surface area contributed by atoms with Crippen molar-refractivity contribution in [3.8, 4) is 0 Å². The summed E-state index contributed by atoms with van der Waals surface area (Å²) in [5, 5.41) is 0. The molecule has 90 valence electrons. The molecule has 1 nitrogen and oxygen atoms in total. The zero-order chi connectivity index (χ0) is 11.3. The number of hydrogen-bond acceptors (Lipinski definition) is 1. The minimum Gasteiger partial charge on any atom is -0.260 e. The van der Waals surface area contributed by atoms with Crippen LogP contribution in [0.1, 0.15) is 53.4 Å². The van der Waals surface area contributed by atoms with Crippen molar-refractivity contribution < 1.29 is 3.89 Å². The standard InChI is InChI=1S/C13H28NS/c1-12(2)8-11-15-14(13(3)4)9-6-5-7-10-14/h12-13H,5-11H2,1-4H3/q+1. The van der Waals surface area contributed by atoms with E-state index in [0.29, 0.717) is 0 Å². The fraction of sp³-hybridized carbons (Fsp3) is 1.00. The Morgan fingerprint density at radius 2 is 1.60 bits per heavy atom. The lowest BCUT2D eigenvalue weighted by Gasteiger charge is -2.42. The van der Waals surface area contributed by atoms with Gasteiger partial charge in [-0.05, 0) is 45.4 Å². The minimum absolute atomic E-state index is 0.794. The van der Waals surface area contributed by atoms with Crippen molar-refractivity contribution >= 4 is 11.9 Å². The van der Waals surface area contributed by atoms with Crippen LogP contribution in [0.4, 0.5) is 0 Å². The first-order chi connectivity index (χ1) is 7.07. The van der Waals surface area contributed by atoms with E-state index in [0.717, 1.165) is 12.0 Å². The van der Waals surface area contributed by atoms with Crippen molar-refractivity contribution in [1.29, 1.82) is 0 Å². The molecule has 15 heavy (non-hydrogen) atoms. The van der Waals surface area contributed by atoms with E-state index in [1.165, 1.54) is 48.4 Å². The lowest BCUT2D eigenvalue weighted by Crippen LogP contribution is -2.50. The van der Waals surface area contributed by atoms with Crippen molar-refractivity contribution in [3.63, 3.8) is 0 Å². The molecule has 0 radical (unpaired) electrons. The van der Waals surface area contributed by atoms with Gasteiger partial charge in [-0.2, -0.15) is 0 Å². The molecule has 0 aromatic rings. The average molecular weight is 230 g/mol. The Labute approximate surface area is 100 Å². The molecule has 1 aliphatic heterocycles. The summed E-state index contributed by atoms with van der Waals surface area (Å²) in [5.41, 5.74) is 0. The van der Waals surface area contributed by atoms with Crippen LogP contribution in [0, 0.1) is 5.92 Å². The Morgan fingerprint density at radius 3 is 2.07 bits per heavy atom. The molecule has 0 bridgehead atoms. The number of quaternary nitrogens is 1. The molecule has 0 amide bonds. The van der Waals surface area contributed by atoms with Gasteiger partial charge in [0.1, 0.15) is 0 Å². The summed E-state index contributed by atoms with van der Waals surface area (Å²) in [6.45, 7) is 12.3. The smallest absolute Gasteiger partial charge is 0.0938 e. The van der Waals surface area contributed by atoms with Crippen molar-refractivity contribution in [3.05, 3.63) is 0 Å². The van der Waals surface area contributed by atoms with Crippen LogP contribution in [0.3, 0.4) is 0 Å². The molecule has 0 spiro atoms. The highest BCUT2D eigenvalue weighted by Crippen LogP contribution is 2.33. The second-order valence-corrected chi connectivity index (χ2v) is 6.96. The van der Waals surface area contributed by atoms with Crippen LogP contribution >= 0.6 is 11.9 Å². The molecule has 1 rings (SSSR count). The van der Waals surface area contributed by atoms with Crippen LogP contribution < -0.4 is 0 Å². The van der Waals surface area contributed by atoms with Gasteiger partial charge in [0.25, 0.3) is 0 Å². The third-order valence-corrected chi connectivity index (χ3v) is 5.28. The van der Waals surface area contributed by atoms with E-state index in [2.05, 4.69) is 39.6 Å². The Kier molecular flexibility index (Phi) is 5.48. The van der Waals surface area contributed by atoms with E-state index in [4.69, 9.17) is 0 Å². The SMILES string of the molecule is CC(C)CCS[N+]1(C(C)C)CCCCC1. The molecular formula is C13H28NS+.